The van der Waals surface area contributed by atoms with Crippen LogP contribution in [-0.2, 0) is 9.53 Å². The molecule has 27 heavy (non-hydrogen) atoms. The summed E-state index contributed by atoms with van der Waals surface area (Å²) in [5, 5.41) is 3.61. The van der Waals surface area contributed by atoms with Gasteiger partial charge in [0.1, 0.15) is 6.10 Å². The lowest BCUT2D eigenvalue weighted by molar-refractivity contribution is -0.142. The molecule has 1 aliphatic carbocycles. The zero-order valence-corrected chi connectivity index (χ0v) is 19.4. The van der Waals surface area contributed by atoms with Gasteiger partial charge in [-0.15, -0.1) is 24.0 Å². The summed E-state index contributed by atoms with van der Waals surface area (Å²) in [6, 6.07) is 0. The number of hydrogen-bond acceptors (Lipinski definition) is 4. The predicted octanol–water partition coefficient (Wildman–Crippen LogP) is 1.38. The molecular weight excluding hydrogens is 457 g/mol. The molecule has 0 radical (unpaired) electrons. The van der Waals surface area contributed by atoms with E-state index in [9.17, 15) is 4.79 Å². The highest BCUT2D eigenvalue weighted by molar-refractivity contribution is 14.0. The van der Waals surface area contributed by atoms with E-state index in [-0.39, 0.29) is 41.5 Å². The fourth-order valence-corrected chi connectivity index (χ4v) is 4.51. The van der Waals surface area contributed by atoms with Gasteiger partial charge >= 0.3 is 0 Å². The first-order chi connectivity index (χ1) is 12.6. The van der Waals surface area contributed by atoms with Crippen LogP contribution >= 0.6 is 24.0 Å². The molecule has 0 aromatic carbocycles. The van der Waals surface area contributed by atoms with Crippen LogP contribution in [0.1, 0.15) is 38.5 Å². The van der Waals surface area contributed by atoms with Gasteiger partial charge in [0, 0.05) is 51.9 Å². The molecule has 7 nitrogen and oxygen atoms in total. The third-order valence-corrected chi connectivity index (χ3v) is 6.37. The van der Waals surface area contributed by atoms with Gasteiger partial charge in [0.05, 0.1) is 0 Å². The van der Waals surface area contributed by atoms with Crippen molar-refractivity contribution in [1.29, 1.82) is 0 Å². The molecule has 8 heteroatoms. The number of hydrogen-bond donors (Lipinski definition) is 1. The van der Waals surface area contributed by atoms with Gasteiger partial charge in [-0.25, -0.2) is 0 Å². The Balaban J connectivity index is 0.00000261. The summed E-state index contributed by atoms with van der Waals surface area (Å²) in [4.78, 5) is 23.6. The van der Waals surface area contributed by atoms with Crippen LogP contribution in [0.2, 0.25) is 0 Å². The number of nitrogens with one attached hydrogen (secondary N) is 1. The monoisotopic (exact) mass is 493 g/mol. The van der Waals surface area contributed by atoms with Gasteiger partial charge in [-0.05, 0) is 39.8 Å². The van der Waals surface area contributed by atoms with Gasteiger partial charge in [-0.1, -0.05) is 12.8 Å². The second kappa shape index (κ2) is 10.2. The predicted molar refractivity (Wildman–Crippen MR) is 119 cm³/mol. The van der Waals surface area contributed by atoms with Crippen molar-refractivity contribution in [2.75, 3.05) is 60.5 Å². The summed E-state index contributed by atoms with van der Waals surface area (Å²) < 4.78 is 5.55. The molecule has 0 aromatic heterocycles. The maximum atomic E-state index is 12.5. The molecule has 1 N–H and O–H groups in total. The average molecular weight is 493 g/mol. The first-order valence-corrected chi connectivity index (χ1v) is 10.1. The number of piperazine rings is 1. The summed E-state index contributed by atoms with van der Waals surface area (Å²) in [7, 11) is 6.22. The highest BCUT2D eigenvalue weighted by atomic mass is 127. The molecule has 1 atom stereocenters. The lowest BCUT2D eigenvalue weighted by Gasteiger charge is -2.40. The Bertz CT molecular complexity index is 508. The Morgan fingerprint density at radius 2 is 1.78 bits per heavy atom. The number of carbonyl (C=O) groups is 1. The van der Waals surface area contributed by atoms with Crippen molar-refractivity contribution >= 4 is 35.8 Å². The smallest absolute Gasteiger partial charge is 0.251 e. The van der Waals surface area contributed by atoms with E-state index in [2.05, 4.69) is 34.2 Å². The average Bonchev–Trinajstić information content (AvgIpc) is 3.35. The van der Waals surface area contributed by atoms with Crippen LogP contribution in [-0.4, -0.2) is 98.7 Å². The molecule has 2 heterocycles. The number of rotatable bonds is 4. The third-order valence-electron chi connectivity index (χ3n) is 6.37. The molecule has 3 fully saturated rings. The summed E-state index contributed by atoms with van der Waals surface area (Å²) in [5.74, 6) is 1.13. The van der Waals surface area contributed by atoms with Gasteiger partial charge in [-0.3, -0.25) is 9.79 Å². The Morgan fingerprint density at radius 3 is 2.30 bits per heavy atom. The summed E-state index contributed by atoms with van der Waals surface area (Å²) in [6.07, 6.45) is 6.77. The lowest BCUT2D eigenvalue weighted by atomic mass is 9.96. The van der Waals surface area contributed by atoms with Gasteiger partial charge in [-0.2, -0.15) is 0 Å². The number of guanidine groups is 1. The summed E-state index contributed by atoms with van der Waals surface area (Å²) in [6.45, 7) is 4.80. The minimum Gasteiger partial charge on any atom is -0.368 e. The van der Waals surface area contributed by atoms with E-state index < -0.39 is 0 Å². The van der Waals surface area contributed by atoms with Crippen LogP contribution in [0, 0.1) is 0 Å². The van der Waals surface area contributed by atoms with Crippen LogP contribution in [0.15, 0.2) is 4.99 Å². The number of amides is 1. The molecule has 2 aliphatic heterocycles. The lowest BCUT2D eigenvalue weighted by Crippen LogP contribution is -2.58. The van der Waals surface area contributed by atoms with Gasteiger partial charge in [0.25, 0.3) is 5.91 Å². The van der Waals surface area contributed by atoms with E-state index in [1.165, 1.54) is 25.7 Å². The van der Waals surface area contributed by atoms with Gasteiger partial charge in [0.2, 0.25) is 0 Å². The van der Waals surface area contributed by atoms with E-state index in [0.29, 0.717) is 0 Å². The number of likely N-dealkylation sites (N-methyl/N-ethyl adjacent to an activating group) is 1. The van der Waals surface area contributed by atoms with E-state index in [1.807, 2.05) is 11.9 Å². The van der Waals surface area contributed by atoms with Crippen LogP contribution in [0.5, 0.6) is 0 Å². The Morgan fingerprint density at radius 1 is 1.15 bits per heavy atom. The number of nitrogens with zero attached hydrogens (tertiary/aromatic N) is 4. The fraction of sp³-hybridized carbons (Fsp3) is 0.895. The van der Waals surface area contributed by atoms with E-state index in [4.69, 9.17) is 4.74 Å². The quantitative estimate of drug-likeness (QED) is 0.365. The number of carbonyl (C=O) groups excluding carboxylic acids is 1. The highest BCUT2D eigenvalue weighted by Gasteiger charge is 2.36. The second-order valence-corrected chi connectivity index (χ2v) is 8.04. The number of ether oxygens (including phenoxy) is 1. The van der Waals surface area contributed by atoms with Crippen LogP contribution in [0.25, 0.3) is 0 Å². The molecule has 3 rings (SSSR count). The largest absolute Gasteiger partial charge is 0.368 e. The van der Waals surface area contributed by atoms with Crippen molar-refractivity contribution in [3.63, 3.8) is 0 Å². The maximum Gasteiger partial charge on any atom is 0.251 e. The first kappa shape index (κ1) is 22.7. The standard InChI is InChI=1S/C19H35N5O2.HI/c1-20-18(21-15-19(22(2)3)8-4-5-9-19)24-12-10-23(11-13-24)17(25)16-7-6-14-26-16;/h16H,4-15H2,1-3H3,(H,20,21);1H. The number of halogens is 1. The minimum absolute atomic E-state index is 0. The summed E-state index contributed by atoms with van der Waals surface area (Å²) in [5.41, 5.74) is 0.244. The molecule has 0 aromatic rings. The normalized spacial score (nSPS) is 25.6. The van der Waals surface area contributed by atoms with E-state index in [0.717, 1.165) is 58.1 Å². The van der Waals surface area contributed by atoms with Crippen molar-refractivity contribution < 1.29 is 9.53 Å². The Hall–Kier alpha value is -0.610. The molecule has 3 aliphatic rings. The molecule has 0 spiro atoms. The van der Waals surface area contributed by atoms with Gasteiger partial charge < -0.3 is 24.8 Å². The van der Waals surface area contributed by atoms with Crippen LogP contribution in [0.3, 0.4) is 0 Å². The zero-order valence-electron chi connectivity index (χ0n) is 17.1. The van der Waals surface area contributed by atoms with Crippen molar-refractivity contribution in [3.05, 3.63) is 0 Å². The van der Waals surface area contributed by atoms with Crippen LogP contribution < -0.4 is 5.32 Å². The van der Waals surface area contributed by atoms with Crippen molar-refractivity contribution in [3.8, 4) is 0 Å². The van der Waals surface area contributed by atoms with E-state index in [1.54, 1.807) is 0 Å². The SMILES string of the molecule is CN=C(NCC1(N(C)C)CCCC1)N1CCN(C(=O)C2CCCO2)CC1.I. The third kappa shape index (κ3) is 5.26. The number of aliphatic imine (C=N–C) groups is 1. The highest BCUT2D eigenvalue weighted by Crippen LogP contribution is 2.33. The fourth-order valence-electron chi connectivity index (χ4n) is 4.51. The van der Waals surface area contributed by atoms with Crippen molar-refractivity contribution in [2.24, 2.45) is 4.99 Å². The van der Waals surface area contributed by atoms with Gasteiger partial charge in [0.15, 0.2) is 5.96 Å². The minimum atomic E-state index is -0.207. The van der Waals surface area contributed by atoms with E-state index >= 15 is 0 Å². The molecule has 1 unspecified atom stereocenters. The Kier molecular flexibility index (Phi) is 8.61. The molecule has 1 amide bonds. The molecule has 2 saturated heterocycles. The first-order valence-electron chi connectivity index (χ1n) is 10.1. The maximum absolute atomic E-state index is 12.5. The zero-order chi connectivity index (χ0) is 18.6. The molecule has 1 saturated carbocycles. The second-order valence-electron chi connectivity index (χ2n) is 8.04. The summed E-state index contributed by atoms with van der Waals surface area (Å²) >= 11 is 0. The molecule has 156 valence electrons. The topological polar surface area (TPSA) is 60.4 Å². The van der Waals surface area contributed by atoms with Crippen molar-refractivity contribution in [2.45, 2.75) is 50.2 Å². The molecular formula is C19H36IN5O2. The molecule has 0 bridgehead atoms. The van der Waals surface area contributed by atoms with Crippen LogP contribution in [0.4, 0.5) is 0 Å². The van der Waals surface area contributed by atoms with Crippen molar-refractivity contribution in [1.82, 2.24) is 20.0 Å². The Labute approximate surface area is 180 Å².